The van der Waals surface area contributed by atoms with Gasteiger partial charge >= 0.3 is 0 Å². The predicted octanol–water partition coefficient (Wildman–Crippen LogP) is 3.59. The van der Waals surface area contributed by atoms with E-state index in [9.17, 15) is 16.8 Å². The minimum Gasteiger partial charge on any atom is -0.279 e. The first-order valence-corrected chi connectivity index (χ1v) is 11.8. The Hall–Kier alpha value is -1.90. The largest absolute Gasteiger partial charge is 0.279 e. The molecule has 0 aliphatic carbocycles. The second-order valence-electron chi connectivity index (χ2n) is 7.32. The number of hydrogen-bond acceptors (Lipinski definition) is 4. The summed E-state index contributed by atoms with van der Waals surface area (Å²) in [7, 11) is -4.70. The highest BCUT2D eigenvalue weighted by atomic mass is 32.2. The molecule has 6 nitrogen and oxygen atoms in total. The van der Waals surface area contributed by atoms with E-state index in [2.05, 4.69) is 4.72 Å². The third-order valence-corrected chi connectivity index (χ3v) is 8.88. The van der Waals surface area contributed by atoms with Gasteiger partial charge in [0.1, 0.15) is 0 Å². The first kappa shape index (κ1) is 22.4. The number of nitrogens with one attached hydrogen (secondary N) is 1. The summed E-state index contributed by atoms with van der Waals surface area (Å²) < 4.78 is 55.0. The molecule has 0 aromatic heterocycles. The first-order chi connectivity index (χ1) is 12.7. The monoisotopic (exact) mass is 424 g/mol. The Morgan fingerprint density at radius 2 is 1.21 bits per heavy atom. The lowest BCUT2D eigenvalue weighted by atomic mass is 9.95. The molecule has 0 heterocycles. The maximum Gasteiger partial charge on any atom is 0.262 e. The molecule has 0 aliphatic heterocycles. The molecule has 2 aromatic carbocycles. The average Bonchev–Trinajstić information content (AvgIpc) is 2.59. The highest BCUT2D eigenvalue weighted by molar-refractivity contribution is 7.92. The minimum atomic E-state index is -3.90. The van der Waals surface area contributed by atoms with Crippen molar-refractivity contribution in [2.24, 2.45) is 0 Å². The maximum atomic E-state index is 13.2. The lowest BCUT2D eigenvalue weighted by Gasteiger charge is -2.20. The Bertz CT molecular complexity index is 1120. The second kappa shape index (κ2) is 7.50. The molecular weight excluding hydrogens is 396 g/mol. The summed E-state index contributed by atoms with van der Waals surface area (Å²) in [6, 6.07) is 4.43. The van der Waals surface area contributed by atoms with E-state index in [1.54, 1.807) is 26.8 Å². The zero-order chi connectivity index (χ0) is 21.6. The van der Waals surface area contributed by atoms with Crippen LogP contribution in [0.2, 0.25) is 0 Å². The predicted molar refractivity (Wildman–Crippen MR) is 113 cm³/mol. The van der Waals surface area contributed by atoms with Crippen LogP contribution in [0.15, 0.2) is 28.0 Å². The van der Waals surface area contributed by atoms with Crippen molar-refractivity contribution in [1.29, 1.82) is 0 Å². The molecule has 8 heteroatoms. The van der Waals surface area contributed by atoms with E-state index in [1.807, 2.05) is 20.8 Å². The molecule has 0 bridgehead atoms. The van der Waals surface area contributed by atoms with Crippen LogP contribution in [0.4, 0.5) is 5.69 Å². The van der Waals surface area contributed by atoms with E-state index >= 15 is 0 Å². The molecule has 0 aliphatic rings. The van der Waals surface area contributed by atoms with Crippen LogP contribution < -0.4 is 4.72 Å². The summed E-state index contributed by atoms with van der Waals surface area (Å²) in [4.78, 5) is 0.277. The fourth-order valence-corrected chi connectivity index (χ4v) is 5.80. The Morgan fingerprint density at radius 1 is 0.750 bits per heavy atom. The third-order valence-electron chi connectivity index (χ3n) is 5.43. The highest BCUT2D eigenvalue weighted by Gasteiger charge is 2.25. The van der Waals surface area contributed by atoms with Crippen molar-refractivity contribution < 1.29 is 16.8 Å². The van der Waals surface area contributed by atoms with Gasteiger partial charge in [0.05, 0.1) is 15.5 Å². The number of rotatable bonds is 5. The summed E-state index contributed by atoms with van der Waals surface area (Å²) in [5, 5.41) is 0. The maximum absolute atomic E-state index is 13.2. The van der Waals surface area contributed by atoms with E-state index < -0.39 is 20.0 Å². The van der Waals surface area contributed by atoms with Gasteiger partial charge in [0.25, 0.3) is 10.0 Å². The normalized spacial score (nSPS) is 12.5. The van der Waals surface area contributed by atoms with Gasteiger partial charge in [0.15, 0.2) is 0 Å². The van der Waals surface area contributed by atoms with Crippen molar-refractivity contribution in [3.8, 4) is 0 Å². The molecule has 0 fully saturated rings. The lowest BCUT2D eigenvalue weighted by molar-refractivity contribution is 0.520. The van der Waals surface area contributed by atoms with Gasteiger partial charge in [-0.25, -0.2) is 21.1 Å². The lowest BCUT2D eigenvalue weighted by Crippen LogP contribution is -2.23. The summed E-state index contributed by atoms with van der Waals surface area (Å²) >= 11 is 0. The molecular formula is C20H28N2O4S2. The van der Waals surface area contributed by atoms with Crippen molar-refractivity contribution >= 4 is 25.7 Å². The van der Waals surface area contributed by atoms with E-state index in [0.717, 1.165) is 21.0 Å². The number of anilines is 1. The fourth-order valence-electron chi connectivity index (χ4n) is 3.15. The summed E-state index contributed by atoms with van der Waals surface area (Å²) in [6.07, 6.45) is 0. The van der Waals surface area contributed by atoms with Crippen LogP contribution >= 0.6 is 0 Å². The molecule has 0 saturated carbocycles. The van der Waals surface area contributed by atoms with Crippen molar-refractivity contribution in [2.75, 3.05) is 18.8 Å². The zero-order valence-electron chi connectivity index (χ0n) is 17.6. The third kappa shape index (κ3) is 3.81. The number of benzene rings is 2. The molecule has 2 aromatic rings. The van der Waals surface area contributed by atoms with E-state index in [1.165, 1.54) is 26.2 Å². The summed E-state index contributed by atoms with van der Waals surface area (Å²) in [5.74, 6) is 0. The van der Waals surface area contributed by atoms with Crippen molar-refractivity contribution in [3.05, 3.63) is 51.6 Å². The first-order valence-electron chi connectivity index (χ1n) is 8.84. The standard InChI is InChI=1S/C20H28N2O4S2/c1-12-9-10-18(28(25,26)22(7)8)11-19(12)21-27(23,24)20-16(5)14(3)13(2)15(4)17(20)6/h9-11,21H,1-8H3. The molecule has 0 radical (unpaired) electrons. The molecule has 1 N–H and O–H groups in total. The van der Waals surface area contributed by atoms with Gasteiger partial charge in [-0.15, -0.1) is 0 Å². The molecule has 154 valence electrons. The summed E-state index contributed by atoms with van der Waals surface area (Å²) in [5.41, 5.74) is 5.22. The highest BCUT2D eigenvalue weighted by Crippen LogP contribution is 2.32. The van der Waals surface area contributed by atoms with Gasteiger partial charge in [-0.2, -0.15) is 0 Å². The fraction of sp³-hybridized carbons (Fsp3) is 0.400. The smallest absolute Gasteiger partial charge is 0.262 e. The van der Waals surface area contributed by atoms with Crippen LogP contribution in [0, 0.1) is 41.5 Å². The molecule has 28 heavy (non-hydrogen) atoms. The van der Waals surface area contributed by atoms with E-state index in [-0.39, 0.29) is 15.5 Å². The topological polar surface area (TPSA) is 83.6 Å². The number of nitrogens with zero attached hydrogens (tertiary/aromatic N) is 1. The van der Waals surface area contributed by atoms with Crippen LogP contribution in [-0.4, -0.2) is 35.2 Å². The molecule has 0 unspecified atom stereocenters. The Balaban J connectivity index is 2.64. The van der Waals surface area contributed by atoms with Crippen LogP contribution in [0.3, 0.4) is 0 Å². The Morgan fingerprint density at radius 3 is 1.68 bits per heavy atom. The molecule has 0 atom stereocenters. The Kier molecular flexibility index (Phi) is 5.99. The van der Waals surface area contributed by atoms with E-state index in [0.29, 0.717) is 16.7 Å². The summed E-state index contributed by atoms with van der Waals surface area (Å²) in [6.45, 7) is 11.1. The van der Waals surface area contributed by atoms with Gasteiger partial charge in [-0.3, -0.25) is 4.72 Å². The van der Waals surface area contributed by atoms with Gasteiger partial charge in [-0.05, 0) is 87.1 Å². The van der Waals surface area contributed by atoms with Crippen LogP contribution in [0.25, 0.3) is 0 Å². The van der Waals surface area contributed by atoms with Gasteiger partial charge in [0.2, 0.25) is 10.0 Å². The number of sulfonamides is 2. The van der Waals surface area contributed by atoms with Crippen LogP contribution in [0.1, 0.15) is 33.4 Å². The molecule has 0 amide bonds. The van der Waals surface area contributed by atoms with E-state index in [4.69, 9.17) is 0 Å². The Labute approximate surface area is 168 Å². The number of aryl methyl sites for hydroxylation is 1. The van der Waals surface area contributed by atoms with Gasteiger partial charge < -0.3 is 0 Å². The average molecular weight is 425 g/mol. The zero-order valence-corrected chi connectivity index (χ0v) is 19.3. The van der Waals surface area contributed by atoms with Crippen molar-refractivity contribution in [3.63, 3.8) is 0 Å². The second-order valence-corrected chi connectivity index (χ2v) is 11.1. The minimum absolute atomic E-state index is 0.0329. The van der Waals surface area contributed by atoms with Crippen molar-refractivity contribution in [1.82, 2.24) is 4.31 Å². The van der Waals surface area contributed by atoms with Gasteiger partial charge in [0, 0.05) is 14.1 Å². The quantitative estimate of drug-likeness (QED) is 0.795. The number of hydrogen-bond donors (Lipinski definition) is 1. The van der Waals surface area contributed by atoms with Crippen LogP contribution in [0.5, 0.6) is 0 Å². The molecule has 0 spiro atoms. The SMILES string of the molecule is Cc1ccc(S(=O)(=O)N(C)C)cc1NS(=O)(=O)c1c(C)c(C)c(C)c(C)c1C. The molecule has 0 saturated heterocycles. The van der Waals surface area contributed by atoms with Crippen molar-refractivity contribution in [2.45, 2.75) is 51.3 Å². The van der Waals surface area contributed by atoms with Crippen LogP contribution in [-0.2, 0) is 20.0 Å². The van der Waals surface area contributed by atoms with Gasteiger partial charge in [-0.1, -0.05) is 6.07 Å². The molecule has 2 rings (SSSR count).